The van der Waals surface area contributed by atoms with Crippen LogP contribution < -0.4 is 10.2 Å². The number of carbonyl (C=O) groups is 2. The van der Waals surface area contributed by atoms with E-state index < -0.39 is 18.0 Å². The summed E-state index contributed by atoms with van der Waals surface area (Å²) in [7, 11) is 4.05. The van der Waals surface area contributed by atoms with Crippen LogP contribution in [0.5, 0.6) is 0 Å². The van der Waals surface area contributed by atoms with E-state index in [0.29, 0.717) is 16.4 Å². The van der Waals surface area contributed by atoms with Crippen molar-refractivity contribution in [2.75, 3.05) is 38.6 Å². The van der Waals surface area contributed by atoms with Crippen molar-refractivity contribution in [1.82, 2.24) is 30.8 Å². The second kappa shape index (κ2) is 11.5. The number of nitrogens with zero attached hydrogens (tertiary/aromatic N) is 5. The van der Waals surface area contributed by atoms with Crippen molar-refractivity contribution in [2.24, 2.45) is 0 Å². The van der Waals surface area contributed by atoms with Crippen LogP contribution in [0.4, 0.5) is 14.9 Å². The number of hydrogen-bond donors (Lipinski definition) is 2. The third-order valence-corrected chi connectivity index (χ3v) is 6.90. The Labute approximate surface area is 212 Å². The van der Waals surface area contributed by atoms with Crippen LogP contribution in [0, 0.1) is 5.82 Å². The van der Waals surface area contributed by atoms with E-state index in [9.17, 15) is 9.59 Å². The van der Waals surface area contributed by atoms with Crippen molar-refractivity contribution >= 4 is 29.4 Å². The smallest absolute Gasteiger partial charge is 0.414 e. The Hall–Kier alpha value is -3.51. The lowest BCUT2D eigenvalue weighted by atomic mass is 10.0. The first kappa shape index (κ1) is 25.6. The Kier molecular flexibility index (Phi) is 8.16. The molecule has 2 heterocycles. The number of ether oxygens (including phenoxy) is 1. The van der Waals surface area contributed by atoms with Gasteiger partial charge in [-0.1, -0.05) is 36.0 Å². The van der Waals surface area contributed by atoms with Gasteiger partial charge in [0.1, 0.15) is 11.9 Å². The predicted octanol–water partition coefficient (Wildman–Crippen LogP) is 3.25. The molecule has 1 aliphatic heterocycles. The molecule has 1 aliphatic rings. The summed E-state index contributed by atoms with van der Waals surface area (Å²) in [4.78, 5) is 26.9. The number of carbonyl (C=O) groups excluding carboxylic acids is 2. The summed E-state index contributed by atoms with van der Waals surface area (Å²) in [6.45, 7) is 2.73. The van der Waals surface area contributed by atoms with E-state index in [-0.39, 0.29) is 24.2 Å². The predicted molar refractivity (Wildman–Crippen MR) is 134 cm³/mol. The maximum absolute atomic E-state index is 15.1. The normalized spacial score (nSPS) is 16.3. The van der Waals surface area contributed by atoms with Crippen molar-refractivity contribution in [2.45, 2.75) is 29.9 Å². The van der Waals surface area contributed by atoms with Gasteiger partial charge < -0.3 is 15.0 Å². The number of H-pyrrole nitrogens is 1. The lowest BCUT2D eigenvalue weighted by molar-refractivity contribution is -0.119. The van der Waals surface area contributed by atoms with Gasteiger partial charge in [0.05, 0.1) is 18.8 Å². The average Bonchev–Trinajstić information content (AvgIpc) is 3.50. The molecule has 1 unspecified atom stereocenters. The monoisotopic (exact) mass is 513 g/mol. The minimum Gasteiger partial charge on any atom is -0.442 e. The summed E-state index contributed by atoms with van der Waals surface area (Å²) < 4.78 is 20.4. The fourth-order valence-corrected chi connectivity index (χ4v) is 4.83. The van der Waals surface area contributed by atoms with Crippen LogP contribution in [0.2, 0.25) is 0 Å². The van der Waals surface area contributed by atoms with Crippen LogP contribution in [-0.4, -0.2) is 77.4 Å². The molecule has 2 amide bonds. The number of cyclic esters (lactones) is 1. The molecule has 0 spiro atoms. The number of aromatic nitrogens is 4. The number of rotatable bonds is 10. The number of nitrogens with one attached hydrogen (secondary N) is 2. The summed E-state index contributed by atoms with van der Waals surface area (Å²) in [6, 6.07) is 12.4. The second-order valence-corrected chi connectivity index (χ2v) is 9.90. The zero-order valence-corrected chi connectivity index (χ0v) is 21.1. The Balaban J connectivity index is 1.48. The molecule has 0 aliphatic carbocycles. The van der Waals surface area contributed by atoms with Gasteiger partial charge in [0, 0.05) is 17.7 Å². The number of aromatic amines is 1. The Morgan fingerprint density at radius 2 is 2.08 bits per heavy atom. The van der Waals surface area contributed by atoms with Crippen LogP contribution in [0.15, 0.2) is 47.6 Å². The van der Waals surface area contributed by atoms with E-state index >= 15 is 4.39 Å². The molecular formula is C24H28FN7O3S. The highest BCUT2D eigenvalue weighted by Gasteiger charge is 2.32. The van der Waals surface area contributed by atoms with Crippen LogP contribution in [-0.2, 0) is 9.53 Å². The standard InChI is InChI=1S/C24H28FN7O3S/c1-15(33)26-13-19-14-32(24(34)35-19)18-8-9-20(21(25)12-18)16-4-6-17(7-5-16)22(10-11-31(2)3)36-23-27-29-30-28-23/h4-9,12,19,22H,10-11,13-14H2,1-3H3,(H,26,33)(H,27,28,29,30)/t19-,22?/m0/s1. The van der Waals surface area contributed by atoms with Crippen molar-refractivity contribution < 1.29 is 18.7 Å². The van der Waals surface area contributed by atoms with Crippen molar-refractivity contribution in [1.29, 1.82) is 0 Å². The largest absolute Gasteiger partial charge is 0.442 e. The first-order valence-corrected chi connectivity index (χ1v) is 12.4. The molecule has 2 N–H and O–H groups in total. The summed E-state index contributed by atoms with van der Waals surface area (Å²) in [5, 5.41) is 17.5. The molecule has 2 atom stereocenters. The lowest BCUT2D eigenvalue weighted by Crippen LogP contribution is -2.33. The van der Waals surface area contributed by atoms with Gasteiger partial charge in [-0.25, -0.2) is 9.18 Å². The molecule has 12 heteroatoms. The molecule has 10 nitrogen and oxygen atoms in total. The lowest BCUT2D eigenvalue weighted by Gasteiger charge is -2.18. The highest BCUT2D eigenvalue weighted by atomic mass is 32.2. The first-order valence-electron chi connectivity index (χ1n) is 11.5. The fourth-order valence-electron chi connectivity index (χ4n) is 3.88. The van der Waals surface area contributed by atoms with Gasteiger partial charge in [0.15, 0.2) is 0 Å². The highest BCUT2D eigenvalue weighted by Crippen LogP contribution is 2.37. The molecule has 3 aromatic rings. The molecule has 2 aromatic carbocycles. The zero-order chi connectivity index (χ0) is 25.7. The first-order chi connectivity index (χ1) is 17.3. The van der Waals surface area contributed by atoms with Gasteiger partial charge in [-0.3, -0.25) is 9.69 Å². The van der Waals surface area contributed by atoms with Crippen molar-refractivity contribution in [3.05, 3.63) is 53.8 Å². The molecule has 4 rings (SSSR count). The Morgan fingerprint density at radius 3 is 2.72 bits per heavy atom. The average molecular weight is 514 g/mol. The number of hydrogen-bond acceptors (Lipinski definition) is 8. The summed E-state index contributed by atoms with van der Waals surface area (Å²) in [5.74, 6) is -0.646. The number of thioether (sulfide) groups is 1. The van der Waals surface area contributed by atoms with Gasteiger partial charge in [0.25, 0.3) is 0 Å². The van der Waals surface area contributed by atoms with Crippen molar-refractivity contribution in [3.63, 3.8) is 0 Å². The SMILES string of the molecule is CC(=O)NC[C@H]1CN(c2ccc(-c3ccc(C(CCN(C)C)Sc4nn[nH]n4)cc3)c(F)c2)C(=O)O1. The summed E-state index contributed by atoms with van der Waals surface area (Å²) in [5.41, 5.74) is 2.65. The van der Waals surface area contributed by atoms with Gasteiger partial charge in [-0.2, -0.15) is 5.21 Å². The quantitative estimate of drug-likeness (QED) is 0.397. The van der Waals surface area contributed by atoms with Crippen molar-refractivity contribution in [3.8, 4) is 11.1 Å². The number of benzene rings is 2. The minimum atomic E-state index is -0.565. The number of halogens is 1. The van der Waals surface area contributed by atoms with E-state index in [4.69, 9.17) is 4.74 Å². The van der Waals surface area contributed by atoms with Gasteiger partial charge in [-0.15, -0.1) is 10.2 Å². The Morgan fingerprint density at radius 1 is 1.31 bits per heavy atom. The third-order valence-electron chi connectivity index (χ3n) is 5.72. The van der Waals surface area contributed by atoms with E-state index in [0.717, 1.165) is 24.1 Å². The molecule has 0 radical (unpaired) electrons. The molecule has 0 saturated carbocycles. The molecule has 190 valence electrons. The number of anilines is 1. The van der Waals surface area contributed by atoms with Crippen LogP contribution in [0.3, 0.4) is 0 Å². The molecule has 1 aromatic heterocycles. The molecule has 36 heavy (non-hydrogen) atoms. The molecule has 1 fully saturated rings. The van der Waals surface area contributed by atoms with Crippen LogP contribution >= 0.6 is 11.8 Å². The maximum atomic E-state index is 15.1. The molecular weight excluding hydrogens is 485 g/mol. The van der Waals surface area contributed by atoms with E-state index in [1.165, 1.54) is 29.7 Å². The van der Waals surface area contributed by atoms with Crippen LogP contribution in [0.1, 0.15) is 24.2 Å². The molecule has 0 bridgehead atoms. The zero-order valence-electron chi connectivity index (χ0n) is 20.3. The van der Waals surface area contributed by atoms with E-state index in [2.05, 4.69) is 30.8 Å². The summed E-state index contributed by atoms with van der Waals surface area (Å²) >= 11 is 1.53. The van der Waals surface area contributed by atoms with E-state index in [1.807, 2.05) is 38.4 Å². The maximum Gasteiger partial charge on any atom is 0.414 e. The highest BCUT2D eigenvalue weighted by molar-refractivity contribution is 7.99. The minimum absolute atomic E-state index is 0.109. The summed E-state index contributed by atoms with van der Waals surface area (Å²) in [6.07, 6.45) is -0.170. The second-order valence-electron chi connectivity index (χ2n) is 8.73. The van der Waals surface area contributed by atoms with Gasteiger partial charge >= 0.3 is 6.09 Å². The topological polar surface area (TPSA) is 116 Å². The van der Waals surface area contributed by atoms with E-state index in [1.54, 1.807) is 12.1 Å². The number of amides is 2. The fraction of sp³-hybridized carbons (Fsp3) is 0.375. The van der Waals surface area contributed by atoms with Crippen LogP contribution in [0.25, 0.3) is 11.1 Å². The van der Waals surface area contributed by atoms with Gasteiger partial charge in [-0.05, 0) is 61.6 Å². The van der Waals surface area contributed by atoms with Gasteiger partial charge in [0.2, 0.25) is 11.1 Å². The third kappa shape index (κ3) is 6.38. The Bertz CT molecular complexity index is 1190. The molecule has 1 saturated heterocycles. The number of tetrazole rings is 1.